The van der Waals surface area contributed by atoms with Crippen molar-refractivity contribution in [3.05, 3.63) is 35.5 Å². The summed E-state index contributed by atoms with van der Waals surface area (Å²) in [6.07, 6.45) is 17.4. The van der Waals surface area contributed by atoms with E-state index in [-0.39, 0.29) is 17.3 Å². The Bertz CT molecular complexity index is 747. The number of rotatable bonds is 4. The molecule has 2 fully saturated rings. The molecule has 1 N–H and O–H groups in total. The molecule has 0 amide bonds. The number of allylic oxidation sites excluding steroid dienone is 4. The minimum atomic E-state index is -0.457. The van der Waals surface area contributed by atoms with Crippen molar-refractivity contribution in [3.63, 3.8) is 0 Å². The smallest absolute Gasteiger partial charge is 0.330 e. The molecule has 29 heavy (non-hydrogen) atoms. The summed E-state index contributed by atoms with van der Waals surface area (Å²) in [6, 6.07) is 0. The molecule has 4 rings (SSSR count). The van der Waals surface area contributed by atoms with Gasteiger partial charge >= 0.3 is 5.97 Å². The fourth-order valence-electron chi connectivity index (χ4n) is 7.37. The van der Waals surface area contributed by atoms with Crippen molar-refractivity contribution >= 4 is 5.97 Å². The minimum absolute atomic E-state index is 0.255. The van der Waals surface area contributed by atoms with Crippen molar-refractivity contribution in [1.29, 1.82) is 0 Å². The van der Waals surface area contributed by atoms with Crippen LogP contribution in [0, 0.1) is 35.0 Å². The zero-order chi connectivity index (χ0) is 20.8. The second-order valence-electron chi connectivity index (χ2n) is 10.4. The molecule has 0 spiro atoms. The van der Waals surface area contributed by atoms with Gasteiger partial charge in [0.15, 0.2) is 0 Å². The monoisotopic (exact) mass is 398 g/mol. The summed E-state index contributed by atoms with van der Waals surface area (Å²) in [7, 11) is 1.43. The second-order valence-corrected chi connectivity index (χ2v) is 10.4. The van der Waals surface area contributed by atoms with E-state index in [4.69, 9.17) is 4.74 Å². The lowest BCUT2D eigenvalue weighted by Gasteiger charge is -2.54. The van der Waals surface area contributed by atoms with Gasteiger partial charge in [0.1, 0.15) is 0 Å². The predicted molar refractivity (Wildman–Crippen MR) is 116 cm³/mol. The molecule has 0 bridgehead atoms. The maximum Gasteiger partial charge on any atom is 0.330 e. The van der Waals surface area contributed by atoms with E-state index in [1.165, 1.54) is 44.8 Å². The van der Waals surface area contributed by atoms with Crippen LogP contribution in [-0.2, 0) is 9.53 Å². The first-order valence-corrected chi connectivity index (χ1v) is 11.7. The summed E-state index contributed by atoms with van der Waals surface area (Å²) >= 11 is 0. The molecular formula is C26H38O3. The molecule has 0 saturated heterocycles. The van der Waals surface area contributed by atoms with E-state index in [1.807, 2.05) is 6.08 Å². The van der Waals surface area contributed by atoms with Crippen LogP contribution in [0.15, 0.2) is 35.5 Å². The maximum absolute atomic E-state index is 11.5. The third kappa shape index (κ3) is 3.54. The van der Waals surface area contributed by atoms with Gasteiger partial charge in [-0.3, -0.25) is 0 Å². The van der Waals surface area contributed by atoms with Gasteiger partial charge in [0.25, 0.3) is 0 Å². The average molecular weight is 399 g/mol. The summed E-state index contributed by atoms with van der Waals surface area (Å²) in [5.74, 6) is 2.99. The van der Waals surface area contributed by atoms with Crippen molar-refractivity contribution in [1.82, 2.24) is 0 Å². The van der Waals surface area contributed by atoms with Crippen LogP contribution in [0.25, 0.3) is 0 Å². The van der Waals surface area contributed by atoms with Crippen LogP contribution in [0.4, 0.5) is 0 Å². The molecule has 4 aliphatic rings. The van der Waals surface area contributed by atoms with Crippen molar-refractivity contribution in [3.8, 4) is 0 Å². The predicted octanol–water partition coefficient (Wildman–Crippen LogP) is 5.60. The molecule has 3 heteroatoms. The van der Waals surface area contributed by atoms with Crippen molar-refractivity contribution in [2.75, 3.05) is 7.11 Å². The normalized spacial score (nSPS) is 42.4. The Morgan fingerprint density at radius 3 is 2.79 bits per heavy atom. The van der Waals surface area contributed by atoms with Crippen molar-refractivity contribution in [2.24, 2.45) is 35.0 Å². The molecule has 0 aromatic carbocycles. The van der Waals surface area contributed by atoms with Crippen LogP contribution in [0.1, 0.15) is 72.1 Å². The molecule has 2 saturated carbocycles. The van der Waals surface area contributed by atoms with E-state index in [0.717, 1.165) is 37.0 Å². The Hall–Kier alpha value is -1.35. The van der Waals surface area contributed by atoms with Gasteiger partial charge in [-0.15, -0.1) is 0 Å². The molecule has 0 aromatic heterocycles. The Morgan fingerprint density at radius 2 is 2.07 bits per heavy atom. The van der Waals surface area contributed by atoms with Crippen LogP contribution in [0.3, 0.4) is 0 Å². The second kappa shape index (κ2) is 7.72. The molecule has 0 radical (unpaired) electrons. The van der Waals surface area contributed by atoms with Crippen LogP contribution >= 0.6 is 0 Å². The highest BCUT2D eigenvalue weighted by Crippen LogP contribution is 2.63. The van der Waals surface area contributed by atoms with Gasteiger partial charge in [0.05, 0.1) is 12.7 Å². The lowest BCUT2D eigenvalue weighted by atomic mass is 9.51. The maximum atomic E-state index is 11.5. The fraction of sp³-hybridized carbons (Fsp3) is 0.731. The average Bonchev–Trinajstić information content (AvgIpc) is 3.08. The third-order valence-corrected chi connectivity index (χ3v) is 9.10. The first-order chi connectivity index (χ1) is 13.8. The first kappa shape index (κ1) is 20.9. The zero-order valence-electron chi connectivity index (χ0n) is 18.6. The largest absolute Gasteiger partial charge is 0.466 e. The summed E-state index contributed by atoms with van der Waals surface area (Å²) in [6.45, 7) is 6.82. The van der Waals surface area contributed by atoms with Crippen LogP contribution in [0.5, 0.6) is 0 Å². The summed E-state index contributed by atoms with van der Waals surface area (Å²) < 4.78 is 4.77. The highest BCUT2D eigenvalue weighted by Gasteiger charge is 2.54. The van der Waals surface area contributed by atoms with E-state index in [1.54, 1.807) is 11.6 Å². The highest BCUT2D eigenvalue weighted by atomic mass is 16.5. The number of hydrogen-bond donors (Lipinski definition) is 1. The summed E-state index contributed by atoms with van der Waals surface area (Å²) in [5.41, 5.74) is 2.89. The third-order valence-electron chi connectivity index (χ3n) is 9.10. The highest BCUT2D eigenvalue weighted by molar-refractivity contribution is 5.81. The Morgan fingerprint density at radius 1 is 1.28 bits per heavy atom. The van der Waals surface area contributed by atoms with Gasteiger partial charge in [-0.2, -0.15) is 0 Å². The Kier molecular flexibility index (Phi) is 5.57. The van der Waals surface area contributed by atoms with Crippen molar-refractivity contribution < 1.29 is 14.6 Å². The van der Waals surface area contributed by atoms with E-state index in [0.29, 0.717) is 5.92 Å². The minimum Gasteiger partial charge on any atom is -0.466 e. The van der Waals surface area contributed by atoms with Crippen molar-refractivity contribution in [2.45, 2.75) is 77.7 Å². The van der Waals surface area contributed by atoms with Crippen LogP contribution in [0.2, 0.25) is 0 Å². The number of aliphatic hydroxyl groups is 1. The fourth-order valence-corrected chi connectivity index (χ4v) is 7.37. The van der Waals surface area contributed by atoms with Gasteiger partial charge in [0.2, 0.25) is 0 Å². The summed E-state index contributed by atoms with van der Waals surface area (Å²) in [5, 5.41) is 10.8. The number of fused-ring (bicyclic) bond motifs is 5. The SMILES string of the molecule is CC[C@]1(O)CC[C@H]2C(=CC[C@@H]3[C@@H]2CC[C@]2(C)C([C@H](C)/C=C/C(=O)OC)=CC[C@@H]32)C1. The molecule has 3 nitrogen and oxygen atoms in total. The standard InChI is InChI=1S/C26H38O3/c1-5-26(28)15-13-19-18(16-26)7-8-21-20(19)12-14-25(3)22(9-10-23(21)25)17(2)6-11-24(27)29-4/h6-7,9,11,17,19-21,23,28H,5,8,10,12-16H2,1-4H3/b11-6+/t17-,19+,20-,21-,23+,25-,26+/m1/s1. The van der Waals surface area contributed by atoms with E-state index >= 15 is 0 Å². The lowest BCUT2D eigenvalue weighted by molar-refractivity contribution is -0.134. The number of methoxy groups -OCH3 is 1. The number of ether oxygens (including phenoxy) is 1. The quantitative estimate of drug-likeness (QED) is 0.381. The molecule has 160 valence electrons. The molecule has 7 atom stereocenters. The molecule has 0 unspecified atom stereocenters. The lowest BCUT2D eigenvalue weighted by Crippen LogP contribution is -2.47. The number of carbonyl (C=O) groups is 1. The van der Waals surface area contributed by atoms with E-state index < -0.39 is 5.60 Å². The van der Waals surface area contributed by atoms with Gasteiger partial charge < -0.3 is 9.84 Å². The van der Waals surface area contributed by atoms with Gasteiger partial charge in [-0.1, -0.05) is 50.1 Å². The zero-order valence-corrected chi connectivity index (χ0v) is 18.6. The van der Waals surface area contributed by atoms with E-state index in [9.17, 15) is 9.90 Å². The topological polar surface area (TPSA) is 46.5 Å². The molecule has 0 aliphatic heterocycles. The molecular weight excluding hydrogens is 360 g/mol. The van der Waals surface area contributed by atoms with E-state index in [2.05, 4.69) is 32.9 Å². The Balaban J connectivity index is 1.51. The van der Waals surface area contributed by atoms with Gasteiger partial charge in [0, 0.05) is 6.08 Å². The number of hydrogen-bond acceptors (Lipinski definition) is 3. The van der Waals surface area contributed by atoms with Gasteiger partial charge in [-0.05, 0) is 86.4 Å². The number of esters is 1. The summed E-state index contributed by atoms with van der Waals surface area (Å²) in [4.78, 5) is 11.5. The van der Waals surface area contributed by atoms with Crippen LogP contribution in [-0.4, -0.2) is 23.8 Å². The molecule has 0 heterocycles. The Labute approximate surface area is 176 Å². The molecule has 0 aromatic rings. The first-order valence-electron chi connectivity index (χ1n) is 11.7. The van der Waals surface area contributed by atoms with Gasteiger partial charge in [-0.25, -0.2) is 4.79 Å². The molecule has 4 aliphatic carbocycles. The van der Waals surface area contributed by atoms with Crippen LogP contribution < -0.4 is 0 Å². The number of carbonyl (C=O) groups excluding carboxylic acids is 1.